The lowest BCUT2D eigenvalue weighted by Gasteiger charge is -2.17. The molecule has 134 valence electrons. The van der Waals surface area contributed by atoms with E-state index in [1.165, 1.54) is 10.4 Å². The van der Waals surface area contributed by atoms with Crippen LogP contribution in [0.25, 0.3) is 0 Å². The summed E-state index contributed by atoms with van der Waals surface area (Å²) in [7, 11) is -3.85. The van der Waals surface area contributed by atoms with E-state index in [1.807, 2.05) is 0 Å². The number of aromatic nitrogens is 2. The third kappa shape index (κ3) is 3.64. The van der Waals surface area contributed by atoms with Crippen molar-refractivity contribution < 1.29 is 27.4 Å². The first-order chi connectivity index (χ1) is 11.9. The Morgan fingerprint density at radius 3 is 2.88 bits per heavy atom. The van der Waals surface area contributed by atoms with Crippen LogP contribution in [0.1, 0.15) is 12.5 Å². The minimum Gasteiger partial charge on any atom is -0.479 e. The largest absolute Gasteiger partial charge is 0.479 e. The summed E-state index contributed by atoms with van der Waals surface area (Å²) >= 11 is 0. The summed E-state index contributed by atoms with van der Waals surface area (Å²) in [5.41, 5.74) is 0. The summed E-state index contributed by atoms with van der Waals surface area (Å²) in [6.45, 7) is -0.144. The normalized spacial score (nSPS) is 18.4. The lowest BCUT2D eigenvalue weighted by molar-refractivity contribution is -0.139. The molecule has 1 N–H and O–H groups in total. The fourth-order valence-corrected chi connectivity index (χ4v) is 4.19. The Morgan fingerprint density at radius 1 is 1.44 bits per heavy atom. The van der Waals surface area contributed by atoms with Crippen LogP contribution in [0.5, 0.6) is 5.75 Å². The number of rotatable bonds is 6. The number of aliphatic carboxylic acids is 1. The minimum atomic E-state index is -3.85. The first-order valence-corrected chi connectivity index (χ1v) is 8.95. The highest BCUT2D eigenvalue weighted by Crippen LogP contribution is 2.29. The second kappa shape index (κ2) is 6.81. The van der Waals surface area contributed by atoms with Crippen molar-refractivity contribution in [2.45, 2.75) is 17.4 Å². The zero-order valence-corrected chi connectivity index (χ0v) is 13.9. The molecule has 0 amide bonds. The quantitative estimate of drug-likeness (QED) is 0.819. The Kier molecular flexibility index (Phi) is 4.73. The maximum Gasteiger partial charge on any atom is 0.341 e. The van der Waals surface area contributed by atoms with Gasteiger partial charge in [-0.3, -0.25) is 4.68 Å². The molecule has 25 heavy (non-hydrogen) atoms. The number of hydrogen-bond donors (Lipinski definition) is 1. The van der Waals surface area contributed by atoms with Crippen LogP contribution in [0.3, 0.4) is 0 Å². The van der Waals surface area contributed by atoms with Crippen LogP contribution in [-0.4, -0.2) is 53.3 Å². The van der Waals surface area contributed by atoms with Gasteiger partial charge in [-0.15, -0.1) is 0 Å². The van der Waals surface area contributed by atoms with Gasteiger partial charge in [-0.2, -0.15) is 9.40 Å². The van der Waals surface area contributed by atoms with Crippen molar-refractivity contribution in [3.05, 3.63) is 42.5 Å². The van der Waals surface area contributed by atoms with Gasteiger partial charge in [0.15, 0.2) is 18.2 Å². The van der Waals surface area contributed by atoms with E-state index in [2.05, 4.69) is 5.10 Å². The van der Waals surface area contributed by atoms with E-state index in [-0.39, 0.29) is 23.2 Å². The smallest absolute Gasteiger partial charge is 0.341 e. The van der Waals surface area contributed by atoms with Crippen LogP contribution >= 0.6 is 0 Å². The van der Waals surface area contributed by atoms with Gasteiger partial charge in [0.25, 0.3) is 0 Å². The molecule has 0 radical (unpaired) electrons. The van der Waals surface area contributed by atoms with Gasteiger partial charge in [-0.05, 0) is 30.7 Å². The number of halogens is 1. The number of ether oxygens (including phenoxy) is 1. The van der Waals surface area contributed by atoms with E-state index in [0.717, 1.165) is 12.1 Å². The van der Waals surface area contributed by atoms with Crippen LogP contribution in [0.2, 0.25) is 0 Å². The van der Waals surface area contributed by atoms with Crippen LogP contribution in [0.15, 0.2) is 41.6 Å². The highest BCUT2D eigenvalue weighted by Gasteiger charge is 2.34. The van der Waals surface area contributed by atoms with E-state index in [1.54, 1.807) is 23.1 Å². The molecule has 10 heteroatoms. The molecule has 0 aliphatic carbocycles. The Balaban J connectivity index is 1.76. The second-order valence-corrected chi connectivity index (χ2v) is 7.50. The SMILES string of the molecule is O=C(O)COc1ccc(S(=O)(=O)N2CCC(n3cccn3)C2)cc1F. The fraction of sp³-hybridized carbons (Fsp3) is 0.333. The first kappa shape index (κ1) is 17.4. The van der Waals surface area contributed by atoms with E-state index >= 15 is 0 Å². The Hall–Kier alpha value is -2.46. The van der Waals surface area contributed by atoms with Gasteiger partial charge in [0.2, 0.25) is 10.0 Å². The molecular weight excluding hydrogens is 353 g/mol. The number of carboxylic acid groups (broad SMARTS) is 1. The molecule has 3 rings (SSSR count). The molecule has 1 unspecified atom stereocenters. The number of hydrogen-bond acceptors (Lipinski definition) is 5. The van der Waals surface area contributed by atoms with Crippen molar-refractivity contribution in [1.82, 2.24) is 14.1 Å². The molecule has 1 atom stereocenters. The lowest BCUT2D eigenvalue weighted by atomic mass is 10.3. The third-order valence-electron chi connectivity index (χ3n) is 3.92. The topological polar surface area (TPSA) is 102 Å². The Bertz CT molecular complexity index is 869. The van der Waals surface area contributed by atoms with Gasteiger partial charge in [-0.25, -0.2) is 17.6 Å². The van der Waals surface area contributed by atoms with Gasteiger partial charge in [0, 0.05) is 25.5 Å². The number of sulfonamides is 1. The Morgan fingerprint density at radius 2 is 2.24 bits per heavy atom. The maximum absolute atomic E-state index is 14.0. The zero-order valence-electron chi connectivity index (χ0n) is 13.1. The van der Waals surface area contributed by atoms with Gasteiger partial charge < -0.3 is 9.84 Å². The van der Waals surface area contributed by atoms with Crippen LogP contribution < -0.4 is 4.74 Å². The molecule has 1 aromatic carbocycles. The number of nitrogens with zero attached hydrogens (tertiary/aromatic N) is 3. The molecule has 1 fully saturated rings. The van der Waals surface area contributed by atoms with Gasteiger partial charge >= 0.3 is 5.97 Å². The summed E-state index contributed by atoms with van der Waals surface area (Å²) in [4.78, 5) is 10.3. The molecule has 2 aromatic rings. The average Bonchev–Trinajstić information content (AvgIpc) is 3.24. The van der Waals surface area contributed by atoms with E-state index in [9.17, 15) is 17.6 Å². The molecule has 1 aliphatic heterocycles. The molecule has 1 saturated heterocycles. The standard InChI is InChI=1S/C15H16FN3O5S/c16-13-8-12(2-3-14(13)24-10-15(20)21)25(22,23)18-7-4-11(9-18)19-6-1-5-17-19/h1-3,5-6,8,11H,4,7,9-10H2,(H,20,21). The molecular formula is C15H16FN3O5S. The monoisotopic (exact) mass is 369 g/mol. The van der Waals surface area contributed by atoms with Crippen molar-refractivity contribution in [2.75, 3.05) is 19.7 Å². The highest BCUT2D eigenvalue weighted by molar-refractivity contribution is 7.89. The van der Waals surface area contributed by atoms with Gasteiger partial charge in [0.1, 0.15) is 0 Å². The molecule has 0 saturated carbocycles. The molecule has 1 aliphatic rings. The van der Waals surface area contributed by atoms with Crippen molar-refractivity contribution in [2.24, 2.45) is 0 Å². The first-order valence-electron chi connectivity index (χ1n) is 7.51. The van der Waals surface area contributed by atoms with E-state index < -0.39 is 28.4 Å². The van der Waals surface area contributed by atoms with Crippen molar-refractivity contribution >= 4 is 16.0 Å². The van der Waals surface area contributed by atoms with Crippen LogP contribution in [0, 0.1) is 5.82 Å². The molecule has 8 nitrogen and oxygen atoms in total. The minimum absolute atomic E-state index is 0.0622. The van der Waals surface area contributed by atoms with E-state index in [4.69, 9.17) is 9.84 Å². The molecule has 2 heterocycles. The lowest BCUT2D eigenvalue weighted by Crippen LogP contribution is -2.29. The Labute approximate surface area is 143 Å². The van der Waals surface area contributed by atoms with Crippen molar-refractivity contribution in [1.29, 1.82) is 0 Å². The maximum atomic E-state index is 14.0. The van der Waals surface area contributed by atoms with Crippen molar-refractivity contribution in [3.63, 3.8) is 0 Å². The third-order valence-corrected chi connectivity index (χ3v) is 5.78. The summed E-state index contributed by atoms with van der Waals surface area (Å²) < 4.78 is 47.1. The molecule has 0 bridgehead atoms. The number of benzene rings is 1. The van der Waals surface area contributed by atoms with Gasteiger partial charge in [-0.1, -0.05) is 0 Å². The second-order valence-electron chi connectivity index (χ2n) is 5.57. The predicted molar refractivity (Wildman–Crippen MR) is 84.2 cm³/mol. The van der Waals surface area contributed by atoms with Crippen LogP contribution in [-0.2, 0) is 14.8 Å². The van der Waals surface area contributed by atoms with Gasteiger partial charge in [0.05, 0.1) is 10.9 Å². The molecule has 1 aromatic heterocycles. The summed E-state index contributed by atoms with van der Waals surface area (Å²) in [6, 6.07) is 4.87. The number of carboxylic acids is 1. The summed E-state index contributed by atoms with van der Waals surface area (Å²) in [6.07, 6.45) is 4.01. The predicted octanol–water partition coefficient (Wildman–Crippen LogP) is 1.12. The van der Waals surface area contributed by atoms with E-state index in [0.29, 0.717) is 13.0 Å². The van der Waals surface area contributed by atoms with Crippen LogP contribution in [0.4, 0.5) is 4.39 Å². The molecule has 0 spiro atoms. The average molecular weight is 369 g/mol. The highest BCUT2D eigenvalue weighted by atomic mass is 32.2. The number of carbonyl (C=O) groups is 1. The fourth-order valence-electron chi connectivity index (χ4n) is 2.69. The van der Waals surface area contributed by atoms with Crippen molar-refractivity contribution in [3.8, 4) is 5.75 Å². The summed E-state index contributed by atoms with van der Waals surface area (Å²) in [5, 5.41) is 12.7. The summed E-state index contributed by atoms with van der Waals surface area (Å²) in [5.74, 6) is -2.49. The zero-order chi connectivity index (χ0) is 18.0.